The molecule has 0 radical (unpaired) electrons. The lowest BCUT2D eigenvalue weighted by atomic mass is 10.1. The Kier molecular flexibility index (Phi) is 6.57. The van der Waals surface area contributed by atoms with Crippen LogP contribution in [0.1, 0.15) is 27.9 Å². The van der Waals surface area contributed by atoms with Gasteiger partial charge in [-0.2, -0.15) is 5.26 Å². The van der Waals surface area contributed by atoms with Gasteiger partial charge < -0.3 is 10.1 Å². The van der Waals surface area contributed by atoms with Crippen molar-refractivity contribution < 1.29 is 9.53 Å². The fraction of sp³-hybridized carbons (Fsp3) is 0.316. The maximum Gasteiger partial charge on any atom is 0.234 e. The molecular formula is C19H21N3O2S. The molecule has 2 aromatic rings. The minimum absolute atomic E-state index is 0.129. The zero-order chi connectivity index (χ0) is 18.4. The summed E-state index contributed by atoms with van der Waals surface area (Å²) in [5, 5.41) is 12.9. The summed E-state index contributed by atoms with van der Waals surface area (Å²) in [6, 6.07) is 9.91. The number of nitriles is 1. The quantitative estimate of drug-likeness (QED) is 0.799. The molecule has 0 spiro atoms. The average molecular weight is 355 g/mol. The highest BCUT2D eigenvalue weighted by molar-refractivity contribution is 8.00. The molecular weight excluding hydrogens is 334 g/mol. The van der Waals surface area contributed by atoms with Gasteiger partial charge in [-0.25, -0.2) is 4.98 Å². The number of nitrogens with zero attached hydrogens (tertiary/aromatic N) is 2. The lowest BCUT2D eigenvalue weighted by Crippen LogP contribution is -2.14. The minimum atomic E-state index is -0.129. The molecule has 0 bridgehead atoms. The van der Waals surface area contributed by atoms with Crippen molar-refractivity contribution in [1.82, 2.24) is 4.98 Å². The first-order valence-electron chi connectivity index (χ1n) is 7.83. The van der Waals surface area contributed by atoms with Crippen LogP contribution in [0.2, 0.25) is 0 Å². The molecule has 5 nitrogen and oxygen atoms in total. The number of hydrogen-bond acceptors (Lipinski definition) is 5. The number of ether oxygens (including phenoxy) is 1. The molecule has 0 atom stereocenters. The second-order valence-electron chi connectivity index (χ2n) is 5.86. The maximum atomic E-state index is 12.2. The molecule has 25 heavy (non-hydrogen) atoms. The Morgan fingerprint density at radius 1 is 1.24 bits per heavy atom. The summed E-state index contributed by atoms with van der Waals surface area (Å²) in [4.78, 5) is 16.6. The van der Waals surface area contributed by atoms with E-state index in [2.05, 4.69) is 22.4 Å². The zero-order valence-electron chi connectivity index (χ0n) is 14.8. The summed E-state index contributed by atoms with van der Waals surface area (Å²) < 4.78 is 5.14. The number of hydrogen-bond donors (Lipinski definition) is 1. The maximum absolute atomic E-state index is 12.2. The van der Waals surface area contributed by atoms with E-state index in [-0.39, 0.29) is 11.7 Å². The molecule has 130 valence electrons. The molecule has 1 heterocycles. The third-order valence-electron chi connectivity index (χ3n) is 3.45. The lowest BCUT2D eigenvalue weighted by molar-refractivity contribution is -0.113. The van der Waals surface area contributed by atoms with Crippen LogP contribution in [0.4, 0.5) is 5.69 Å². The van der Waals surface area contributed by atoms with Crippen LogP contribution < -0.4 is 5.32 Å². The van der Waals surface area contributed by atoms with E-state index in [1.807, 2.05) is 39.0 Å². The number of aryl methyl sites for hydroxylation is 3. The molecule has 2 rings (SSSR count). The molecule has 0 saturated carbocycles. The predicted molar refractivity (Wildman–Crippen MR) is 99.7 cm³/mol. The van der Waals surface area contributed by atoms with Crippen molar-refractivity contribution in [2.45, 2.75) is 32.4 Å². The molecule has 0 saturated heterocycles. The van der Waals surface area contributed by atoms with Crippen molar-refractivity contribution >= 4 is 23.4 Å². The Bertz CT molecular complexity index is 808. The molecule has 0 unspecified atom stereocenters. The summed E-state index contributed by atoms with van der Waals surface area (Å²) in [7, 11) is 1.58. The van der Waals surface area contributed by atoms with Crippen molar-refractivity contribution in [3.63, 3.8) is 0 Å². The molecule has 1 aromatic heterocycles. The smallest absolute Gasteiger partial charge is 0.234 e. The number of nitrogens with one attached hydrogen (secondary N) is 1. The number of anilines is 1. The van der Waals surface area contributed by atoms with Gasteiger partial charge in [0.15, 0.2) is 0 Å². The fourth-order valence-corrected chi connectivity index (χ4v) is 3.45. The highest BCUT2D eigenvalue weighted by atomic mass is 32.2. The summed E-state index contributed by atoms with van der Waals surface area (Å²) in [6.07, 6.45) is 0. The largest absolute Gasteiger partial charge is 0.380 e. The van der Waals surface area contributed by atoms with Gasteiger partial charge in [0.1, 0.15) is 11.1 Å². The van der Waals surface area contributed by atoms with Gasteiger partial charge in [0.05, 0.1) is 17.9 Å². The number of carbonyl (C=O) groups excluding carboxylic acids is 1. The van der Waals surface area contributed by atoms with Gasteiger partial charge >= 0.3 is 0 Å². The summed E-state index contributed by atoms with van der Waals surface area (Å²) in [5.41, 5.74) is 5.02. The van der Waals surface area contributed by atoms with Crippen molar-refractivity contribution in [1.29, 1.82) is 5.26 Å². The van der Waals surface area contributed by atoms with E-state index in [9.17, 15) is 10.1 Å². The number of amides is 1. The van der Waals surface area contributed by atoms with Crippen molar-refractivity contribution in [2.75, 3.05) is 18.2 Å². The van der Waals surface area contributed by atoms with Gasteiger partial charge in [-0.3, -0.25) is 4.79 Å². The van der Waals surface area contributed by atoms with E-state index in [0.717, 1.165) is 28.1 Å². The molecule has 1 N–H and O–H groups in total. The minimum Gasteiger partial charge on any atom is -0.380 e. The number of thioether (sulfide) groups is 1. The first-order chi connectivity index (χ1) is 11.9. The zero-order valence-corrected chi connectivity index (χ0v) is 15.7. The van der Waals surface area contributed by atoms with Gasteiger partial charge in [-0.05, 0) is 55.7 Å². The van der Waals surface area contributed by atoms with Gasteiger partial charge in [0, 0.05) is 18.5 Å². The van der Waals surface area contributed by atoms with Gasteiger partial charge in [0.25, 0.3) is 0 Å². The van der Waals surface area contributed by atoms with Crippen molar-refractivity contribution in [3.05, 3.63) is 52.2 Å². The number of benzene rings is 1. The number of carbonyl (C=O) groups is 1. The topological polar surface area (TPSA) is 75.0 Å². The third-order valence-corrected chi connectivity index (χ3v) is 4.43. The number of methoxy groups -OCH3 is 1. The Morgan fingerprint density at radius 2 is 1.92 bits per heavy atom. The van der Waals surface area contributed by atoms with Crippen LogP contribution in [-0.2, 0) is 16.1 Å². The van der Waals surface area contributed by atoms with Crippen LogP contribution in [0.15, 0.2) is 29.3 Å². The molecule has 0 aliphatic heterocycles. The van der Waals surface area contributed by atoms with E-state index in [0.29, 0.717) is 17.2 Å². The number of aromatic nitrogens is 1. The molecule has 0 fully saturated rings. The Labute approximate surface area is 152 Å². The fourth-order valence-electron chi connectivity index (χ4n) is 2.58. The molecule has 1 amide bonds. The molecule has 0 aliphatic carbocycles. The molecule has 1 aromatic carbocycles. The predicted octanol–water partition coefficient (Wildman–Crippen LogP) is 3.76. The highest BCUT2D eigenvalue weighted by Gasteiger charge is 2.14. The number of pyridine rings is 1. The second-order valence-corrected chi connectivity index (χ2v) is 6.83. The summed E-state index contributed by atoms with van der Waals surface area (Å²) in [6.45, 7) is 6.18. The Morgan fingerprint density at radius 3 is 2.52 bits per heavy atom. The van der Waals surface area contributed by atoms with Gasteiger partial charge in [-0.15, -0.1) is 0 Å². The standard InChI is InChI=1S/C19H21N3O2S/c1-12-5-13(2)7-16(6-12)22-18(23)11-25-19-17(9-20)15(10-24-4)8-14(3)21-19/h5-8H,10-11H2,1-4H3,(H,22,23). The normalized spacial score (nSPS) is 10.4. The van der Waals surface area contributed by atoms with E-state index in [1.54, 1.807) is 7.11 Å². The van der Waals surface area contributed by atoms with E-state index in [1.165, 1.54) is 11.8 Å². The third kappa shape index (κ3) is 5.31. The molecule has 6 heteroatoms. The monoisotopic (exact) mass is 355 g/mol. The van der Waals surface area contributed by atoms with Gasteiger partial charge in [-0.1, -0.05) is 17.8 Å². The Balaban J connectivity index is 2.10. The van der Waals surface area contributed by atoms with E-state index in [4.69, 9.17) is 4.74 Å². The van der Waals surface area contributed by atoms with E-state index >= 15 is 0 Å². The van der Waals surface area contributed by atoms with E-state index < -0.39 is 0 Å². The second kappa shape index (κ2) is 8.65. The molecule has 0 aliphatic rings. The van der Waals surface area contributed by atoms with Crippen molar-refractivity contribution in [3.8, 4) is 6.07 Å². The highest BCUT2D eigenvalue weighted by Crippen LogP contribution is 2.25. The van der Waals surface area contributed by atoms with Gasteiger partial charge in [0.2, 0.25) is 5.91 Å². The van der Waals surface area contributed by atoms with Crippen molar-refractivity contribution in [2.24, 2.45) is 0 Å². The summed E-state index contributed by atoms with van der Waals surface area (Å²) in [5.74, 6) is 0.0559. The van der Waals surface area contributed by atoms with Crippen LogP contribution in [-0.4, -0.2) is 23.8 Å². The first kappa shape index (κ1) is 19.0. The first-order valence-corrected chi connectivity index (χ1v) is 8.82. The van der Waals surface area contributed by atoms with Crippen LogP contribution in [0.25, 0.3) is 0 Å². The van der Waals surface area contributed by atoms with Crippen LogP contribution in [0, 0.1) is 32.1 Å². The number of rotatable bonds is 6. The van der Waals surface area contributed by atoms with Crippen LogP contribution in [0.3, 0.4) is 0 Å². The van der Waals surface area contributed by atoms with Crippen LogP contribution in [0.5, 0.6) is 0 Å². The Hall–Kier alpha value is -2.36. The van der Waals surface area contributed by atoms with Crippen LogP contribution >= 0.6 is 11.8 Å². The average Bonchev–Trinajstić information content (AvgIpc) is 2.52. The SMILES string of the molecule is COCc1cc(C)nc(SCC(=O)Nc2cc(C)cc(C)c2)c1C#N. The lowest BCUT2D eigenvalue weighted by Gasteiger charge is -2.10. The summed E-state index contributed by atoms with van der Waals surface area (Å²) >= 11 is 1.26.